The molecule has 0 aliphatic heterocycles. The van der Waals surface area contributed by atoms with E-state index < -0.39 is 0 Å². The number of nitrogens with one attached hydrogen (secondary N) is 1. The summed E-state index contributed by atoms with van der Waals surface area (Å²) in [7, 11) is 0. The molecule has 1 aliphatic carbocycles. The average molecular weight is 308 g/mol. The smallest absolute Gasteiger partial charge is 0.135 e. The van der Waals surface area contributed by atoms with Crippen LogP contribution in [-0.4, -0.2) is 16.5 Å². The molecule has 20 heavy (non-hydrogen) atoms. The largest absolute Gasteiger partial charge is 0.370 e. The van der Waals surface area contributed by atoms with Crippen LogP contribution in [0.3, 0.4) is 0 Å². The zero-order valence-electron chi connectivity index (χ0n) is 10.9. The quantitative estimate of drug-likeness (QED) is 0.836. The maximum absolute atomic E-state index is 6.03. The molecule has 5 heteroatoms. The van der Waals surface area contributed by atoms with Crippen molar-refractivity contribution in [2.45, 2.75) is 25.2 Å². The lowest BCUT2D eigenvalue weighted by atomic mass is 10.1. The number of nitrogens with zero attached hydrogens (tertiary/aromatic N) is 2. The molecular formula is C15H15Cl2N3. The number of anilines is 1. The molecule has 0 radical (unpaired) electrons. The van der Waals surface area contributed by atoms with E-state index in [4.69, 9.17) is 23.2 Å². The first-order valence-electron chi connectivity index (χ1n) is 6.73. The molecule has 3 rings (SSSR count). The highest BCUT2D eigenvalue weighted by molar-refractivity contribution is 6.30. The maximum Gasteiger partial charge on any atom is 0.135 e. The van der Waals surface area contributed by atoms with E-state index in [1.165, 1.54) is 18.4 Å². The van der Waals surface area contributed by atoms with Crippen molar-refractivity contribution in [3.63, 3.8) is 0 Å². The number of aromatic nitrogens is 2. The minimum Gasteiger partial charge on any atom is -0.370 e. The zero-order valence-corrected chi connectivity index (χ0v) is 12.5. The summed E-state index contributed by atoms with van der Waals surface area (Å²) in [5, 5.41) is 4.58. The summed E-state index contributed by atoms with van der Waals surface area (Å²) in [6, 6.07) is 9.65. The summed E-state index contributed by atoms with van der Waals surface area (Å²) in [6.45, 7) is 0.805. The predicted octanol–water partition coefficient (Wildman–Crippen LogP) is 4.32. The fourth-order valence-electron chi connectivity index (χ4n) is 2.04. The van der Waals surface area contributed by atoms with Gasteiger partial charge in [-0.2, -0.15) is 0 Å². The van der Waals surface area contributed by atoms with Gasteiger partial charge in [0.2, 0.25) is 0 Å². The Kier molecular flexibility index (Phi) is 4.08. The Morgan fingerprint density at radius 2 is 1.85 bits per heavy atom. The number of halogens is 2. The van der Waals surface area contributed by atoms with E-state index in [0.717, 1.165) is 29.6 Å². The standard InChI is InChI=1S/C15H15Cl2N3/c16-12-5-1-10(2-6-12)7-8-18-14-9-13(17)19-15(20-14)11-3-4-11/h1-2,5-6,9,11H,3-4,7-8H2,(H,18,19,20). The van der Waals surface area contributed by atoms with Gasteiger partial charge in [-0.05, 0) is 37.0 Å². The first-order valence-corrected chi connectivity index (χ1v) is 7.49. The number of benzene rings is 1. The molecule has 2 aromatic rings. The molecule has 0 spiro atoms. The van der Waals surface area contributed by atoms with Gasteiger partial charge in [0.1, 0.15) is 16.8 Å². The van der Waals surface area contributed by atoms with Gasteiger partial charge < -0.3 is 5.32 Å². The summed E-state index contributed by atoms with van der Waals surface area (Å²) >= 11 is 11.9. The zero-order chi connectivity index (χ0) is 13.9. The van der Waals surface area contributed by atoms with Crippen LogP contribution in [0, 0.1) is 0 Å². The van der Waals surface area contributed by atoms with Gasteiger partial charge in [-0.15, -0.1) is 0 Å². The van der Waals surface area contributed by atoms with Gasteiger partial charge >= 0.3 is 0 Å². The van der Waals surface area contributed by atoms with Crippen LogP contribution in [0.15, 0.2) is 30.3 Å². The molecular weight excluding hydrogens is 293 g/mol. The Balaban J connectivity index is 1.59. The summed E-state index contributed by atoms with van der Waals surface area (Å²) in [5.74, 6) is 2.18. The van der Waals surface area contributed by atoms with Gasteiger partial charge in [0.25, 0.3) is 0 Å². The van der Waals surface area contributed by atoms with Gasteiger partial charge in [0.15, 0.2) is 0 Å². The molecule has 1 aromatic carbocycles. The molecule has 1 N–H and O–H groups in total. The molecule has 104 valence electrons. The van der Waals surface area contributed by atoms with Crippen LogP contribution in [0.2, 0.25) is 10.2 Å². The second kappa shape index (κ2) is 5.98. The topological polar surface area (TPSA) is 37.8 Å². The van der Waals surface area contributed by atoms with Crippen molar-refractivity contribution < 1.29 is 0 Å². The summed E-state index contributed by atoms with van der Waals surface area (Å²) in [5.41, 5.74) is 1.24. The molecule has 0 saturated heterocycles. The highest BCUT2D eigenvalue weighted by Gasteiger charge is 2.27. The van der Waals surface area contributed by atoms with Crippen molar-refractivity contribution in [2.75, 3.05) is 11.9 Å². The van der Waals surface area contributed by atoms with Crippen LogP contribution < -0.4 is 5.32 Å². The van der Waals surface area contributed by atoms with Gasteiger partial charge in [-0.3, -0.25) is 0 Å². The Bertz CT molecular complexity index is 595. The van der Waals surface area contributed by atoms with Crippen molar-refractivity contribution in [3.8, 4) is 0 Å². The molecule has 0 amide bonds. The highest BCUT2D eigenvalue weighted by atomic mass is 35.5. The fourth-order valence-corrected chi connectivity index (χ4v) is 2.35. The Labute approximate surface area is 128 Å². The Morgan fingerprint density at radius 1 is 1.10 bits per heavy atom. The van der Waals surface area contributed by atoms with E-state index in [0.29, 0.717) is 11.1 Å². The lowest BCUT2D eigenvalue weighted by molar-refractivity contribution is 0.915. The second-order valence-electron chi connectivity index (χ2n) is 5.01. The van der Waals surface area contributed by atoms with Gasteiger partial charge in [0.05, 0.1) is 0 Å². The van der Waals surface area contributed by atoms with Gasteiger partial charge in [0, 0.05) is 23.6 Å². The van der Waals surface area contributed by atoms with Gasteiger partial charge in [-0.25, -0.2) is 9.97 Å². The van der Waals surface area contributed by atoms with E-state index in [-0.39, 0.29) is 0 Å². The lowest BCUT2D eigenvalue weighted by Crippen LogP contribution is -2.08. The SMILES string of the molecule is Clc1ccc(CCNc2cc(Cl)nc(C3CC3)n2)cc1. The van der Waals surface area contributed by atoms with E-state index in [2.05, 4.69) is 15.3 Å². The molecule has 0 atom stereocenters. The van der Waals surface area contributed by atoms with Crippen molar-refractivity contribution in [3.05, 3.63) is 51.9 Å². The normalized spacial score (nSPS) is 14.3. The van der Waals surface area contributed by atoms with Crippen molar-refractivity contribution in [1.29, 1.82) is 0 Å². The predicted molar refractivity (Wildman–Crippen MR) is 82.7 cm³/mol. The molecule has 1 heterocycles. The summed E-state index contributed by atoms with van der Waals surface area (Å²) < 4.78 is 0. The summed E-state index contributed by atoms with van der Waals surface area (Å²) in [6.07, 6.45) is 3.26. The molecule has 3 nitrogen and oxygen atoms in total. The minimum atomic E-state index is 0.505. The second-order valence-corrected chi connectivity index (χ2v) is 5.84. The highest BCUT2D eigenvalue weighted by Crippen LogP contribution is 2.38. The maximum atomic E-state index is 6.03. The molecule has 1 aromatic heterocycles. The third-order valence-electron chi connectivity index (χ3n) is 3.29. The first-order chi connectivity index (χ1) is 9.70. The van der Waals surface area contributed by atoms with E-state index in [1.807, 2.05) is 24.3 Å². The van der Waals surface area contributed by atoms with E-state index >= 15 is 0 Å². The van der Waals surface area contributed by atoms with Crippen LogP contribution in [-0.2, 0) is 6.42 Å². The third kappa shape index (κ3) is 3.62. The molecule has 1 saturated carbocycles. The third-order valence-corrected chi connectivity index (χ3v) is 3.73. The van der Waals surface area contributed by atoms with Crippen molar-refractivity contribution in [2.24, 2.45) is 0 Å². The number of rotatable bonds is 5. The summed E-state index contributed by atoms with van der Waals surface area (Å²) in [4.78, 5) is 8.78. The Morgan fingerprint density at radius 3 is 2.55 bits per heavy atom. The van der Waals surface area contributed by atoms with Crippen molar-refractivity contribution >= 4 is 29.0 Å². The molecule has 1 fully saturated rings. The van der Waals surface area contributed by atoms with Crippen LogP contribution in [0.1, 0.15) is 30.1 Å². The van der Waals surface area contributed by atoms with E-state index in [1.54, 1.807) is 6.07 Å². The molecule has 0 bridgehead atoms. The molecule has 0 unspecified atom stereocenters. The van der Waals surface area contributed by atoms with Crippen LogP contribution >= 0.6 is 23.2 Å². The van der Waals surface area contributed by atoms with Crippen LogP contribution in [0.5, 0.6) is 0 Å². The average Bonchev–Trinajstić information content (AvgIpc) is 3.25. The van der Waals surface area contributed by atoms with Crippen molar-refractivity contribution in [1.82, 2.24) is 9.97 Å². The van der Waals surface area contributed by atoms with Crippen LogP contribution in [0.25, 0.3) is 0 Å². The molecule has 1 aliphatic rings. The van der Waals surface area contributed by atoms with E-state index in [9.17, 15) is 0 Å². The minimum absolute atomic E-state index is 0.505. The number of hydrogen-bond donors (Lipinski definition) is 1. The van der Waals surface area contributed by atoms with Crippen LogP contribution in [0.4, 0.5) is 5.82 Å². The lowest BCUT2D eigenvalue weighted by Gasteiger charge is -2.08. The monoisotopic (exact) mass is 307 g/mol. The number of hydrogen-bond acceptors (Lipinski definition) is 3. The Hall–Kier alpha value is -1.32. The first kappa shape index (κ1) is 13.7. The fraction of sp³-hybridized carbons (Fsp3) is 0.333. The van der Waals surface area contributed by atoms with Gasteiger partial charge in [-0.1, -0.05) is 35.3 Å².